The monoisotopic (exact) mass is 326 g/mol. The van der Waals surface area contributed by atoms with Crippen molar-refractivity contribution < 1.29 is 4.79 Å². The van der Waals surface area contributed by atoms with E-state index in [9.17, 15) is 10.1 Å². The molecule has 0 radical (unpaired) electrons. The summed E-state index contributed by atoms with van der Waals surface area (Å²) in [4.78, 5) is 20.3. The summed E-state index contributed by atoms with van der Waals surface area (Å²) in [6, 6.07) is 5.71. The highest BCUT2D eigenvalue weighted by Gasteiger charge is 2.13. The van der Waals surface area contributed by atoms with Gasteiger partial charge >= 0.3 is 0 Å². The first-order valence-electron chi connectivity index (χ1n) is 7.23. The van der Waals surface area contributed by atoms with Gasteiger partial charge < -0.3 is 5.32 Å². The van der Waals surface area contributed by atoms with E-state index in [1.54, 1.807) is 24.5 Å². The van der Waals surface area contributed by atoms with Gasteiger partial charge in [-0.15, -0.1) is 11.8 Å². The Morgan fingerprint density at radius 1 is 1.26 bits per heavy atom. The Labute approximate surface area is 140 Å². The van der Waals surface area contributed by atoms with Gasteiger partial charge in [-0.2, -0.15) is 5.26 Å². The number of hydrogen-bond donors (Lipinski definition) is 1. The van der Waals surface area contributed by atoms with Gasteiger partial charge in [0.15, 0.2) is 0 Å². The molecule has 2 aromatic rings. The molecule has 0 bridgehead atoms. The zero-order valence-corrected chi connectivity index (χ0v) is 14.2. The van der Waals surface area contributed by atoms with E-state index in [1.807, 2.05) is 20.8 Å². The van der Waals surface area contributed by atoms with Gasteiger partial charge in [-0.3, -0.25) is 9.78 Å². The van der Waals surface area contributed by atoms with Gasteiger partial charge in [0.1, 0.15) is 11.1 Å². The normalized spacial score (nSPS) is 10.2. The number of amides is 1. The second kappa shape index (κ2) is 7.75. The van der Waals surface area contributed by atoms with Gasteiger partial charge in [-0.1, -0.05) is 0 Å². The van der Waals surface area contributed by atoms with Crippen LogP contribution in [0.4, 0.5) is 5.69 Å². The van der Waals surface area contributed by atoms with Gasteiger partial charge in [0.2, 0.25) is 5.91 Å². The maximum Gasteiger partial charge on any atom is 0.225 e. The summed E-state index contributed by atoms with van der Waals surface area (Å²) >= 11 is 1.44. The predicted octanol–water partition coefficient (Wildman–Crippen LogP) is 3.39. The number of rotatable bonds is 5. The summed E-state index contributed by atoms with van der Waals surface area (Å²) in [6.07, 6.45) is 3.61. The van der Waals surface area contributed by atoms with Crippen LogP contribution in [0.1, 0.15) is 28.8 Å². The molecule has 2 heterocycles. The summed E-state index contributed by atoms with van der Waals surface area (Å²) in [5.41, 5.74) is 4.26. The van der Waals surface area contributed by atoms with Crippen LogP contribution >= 0.6 is 11.8 Å². The van der Waals surface area contributed by atoms with Crippen molar-refractivity contribution in [2.24, 2.45) is 0 Å². The second-order valence-corrected chi connectivity index (χ2v) is 6.21. The first kappa shape index (κ1) is 17.0. The molecule has 118 valence electrons. The van der Waals surface area contributed by atoms with Crippen LogP contribution in [0.25, 0.3) is 0 Å². The number of nitrogens with zero attached hydrogens (tertiary/aromatic N) is 3. The highest BCUT2D eigenvalue weighted by molar-refractivity contribution is 7.99. The van der Waals surface area contributed by atoms with Crippen LogP contribution < -0.4 is 5.32 Å². The first-order valence-corrected chi connectivity index (χ1v) is 8.22. The topological polar surface area (TPSA) is 78.7 Å². The van der Waals surface area contributed by atoms with E-state index in [2.05, 4.69) is 21.4 Å². The lowest BCUT2D eigenvalue weighted by Crippen LogP contribution is -2.12. The molecule has 0 aromatic carbocycles. The van der Waals surface area contributed by atoms with Crippen LogP contribution in [-0.4, -0.2) is 21.6 Å². The van der Waals surface area contributed by atoms with E-state index in [1.165, 1.54) is 11.8 Å². The fourth-order valence-electron chi connectivity index (χ4n) is 2.05. The van der Waals surface area contributed by atoms with Crippen molar-refractivity contribution in [3.05, 3.63) is 46.9 Å². The van der Waals surface area contributed by atoms with E-state index >= 15 is 0 Å². The lowest BCUT2D eigenvalue weighted by atomic mass is 10.1. The number of nitrogens with one attached hydrogen (secondary N) is 1. The Morgan fingerprint density at radius 2 is 1.96 bits per heavy atom. The van der Waals surface area contributed by atoms with Crippen molar-refractivity contribution in [1.82, 2.24) is 9.97 Å². The van der Waals surface area contributed by atoms with Crippen molar-refractivity contribution in [1.29, 1.82) is 5.26 Å². The smallest absolute Gasteiger partial charge is 0.225 e. The van der Waals surface area contributed by atoms with Gasteiger partial charge in [0.05, 0.1) is 5.56 Å². The maximum atomic E-state index is 11.9. The molecule has 0 fully saturated rings. The molecule has 0 saturated carbocycles. The van der Waals surface area contributed by atoms with E-state index in [0.717, 1.165) is 22.5 Å². The number of pyridine rings is 2. The number of carbonyl (C=O) groups is 1. The predicted molar refractivity (Wildman–Crippen MR) is 91.4 cm³/mol. The van der Waals surface area contributed by atoms with Crippen molar-refractivity contribution in [2.75, 3.05) is 11.1 Å². The molecule has 23 heavy (non-hydrogen) atoms. The Balaban J connectivity index is 1.97. The van der Waals surface area contributed by atoms with Gasteiger partial charge in [0.25, 0.3) is 0 Å². The van der Waals surface area contributed by atoms with Crippen LogP contribution in [0.2, 0.25) is 0 Å². The van der Waals surface area contributed by atoms with Crippen molar-refractivity contribution in [3.8, 4) is 6.07 Å². The highest BCUT2D eigenvalue weighted by atomic mass is 32.2. The van der Waals surface area contributed by atoms with Crippen LogP contribution in [0.3, 0.4) is 0 Å². The first-order chi connectivity index (χ1) is 11.0. The van der Waals surface area contributed by atoms with E-state index in [4.69, 9.17) is 0 Å². The zero-order chi connectivity index (χ0) is 16.8. The minimum absolute atomic E-state index is 0.0669. The molecule has 1 amide bonds. The number of thioether (sulfide) groups is 1. The van der Waals surface area contributed by atoms with E-state index < -0.39 is 0 Å². The van der Waals surface area contributed by atoms with Crippen LogP contribution in [-0.2, 0) is 4.79 Å². The standard InChI is InChI=1S/C17H18N4OS/c1-11-12(2)15(10-18)17(20-13(11)3)23-9-6-16(22)21-14-4-7-19-8-5-14/h4-5,7-8H,6,9H2,1-3H3,(H,19,21,22). The summed E-state index contributed by atoms with van der Waals surface area (Å²) in [5, 5.41) is 12.8. The third kappa shape index (κ3) is 4.30. The molecular weight excluding hydrogens is 308 g/mol. The molecule has 2 aromatic heterocycles. The Kier molecular flexibility index (Phi) is 5.72. The summed E-state index contributed by atoms with van der Waals surface area (Å²) in [6.45, 7) is 5.83. The number of aromatic nitrogens is 2. The minimum Gasteiger partial charge on any atom is -0.326 e. The quantitative estimate of drug-likeness (QED) is 0.852. The van der Waals surface area contributed by atoms with E-state index in [0.29, 0.717) is 22.8 Å². The average molecular weight is 326 g/mol. The number of aryl methyl sites for hydroxylation is 1. The highest BCUT2D eigenvalue weighted by Crippen LogP contribution is 2.26. The largest absolute Gasteiger partial charge is 0.326 e. The third-order valence-electron chi connectivity index (χ3n) is 3.61. The Morgan fingerprint density at radius 3 is 2.61 bits per heavy atom. The molecule has 0 saturated heterocycles. The lowest BCUT2D eigenvalue weighted by Gasteiger charge is -2.11. The van der Waals surface area contributed by atoms with Crippen LogP contribution in [0.15, 0.2) is 29.6 Å². The van der Waals surface area contributed by atoms with Gasteiger partial charge in [-0.25, -0.2) is 4.98 Å². The summed E-state index contributed by atoms with van der Waals surface area (Å²) in [5.74, 6) is 0.503. The molecule has 0 aliphatic heterocycles. The fraction of sp³-hybridized carbons (Fsp3) is 0.294. The molecule has 6 heteroatoms. The second-order valence-electron chi connectivity index (χ2n) is 5.12. The number of nitriles is 1. The number of carbonyl (C=O) groups excluding carboxylic acids is 1. The Hall–Kier alpha value is -2.39. The molecule has 0 atom stereocenters. The summed E-state index contributed by atoms with van der Waals surface area (Å²) < 4.78 is 0. The molecule has 0 aliphatic carbocycles. The molecular formula is C17H18N4OS. The minimum atomic E-state index is -0.0669. The Bertz CT molecular complexity index is 753. The third-order valence-corrected chi connectivity index (χ3v) is 4.58. The molecule has 1 N–H and O–H groups in total. The average Bonchev–Trinajstić information content (AvgIpc) is 2.54. The summed E-state index contributed by atoms with van der Waals surface area (Å²) in [7, 11) is 0. The number of hydrogen-bond acceptors (Lipinski definition) is 5. The van der Waals surface area contributed by atoms with Gasteiger partial charge in [0, 0.05) is 35.9 Å². The van der Waals surface area contributed by atoms with Crippen molar-refractivity contribution >= 4 is 23.4 Å². The molecule has 0 spiro atoms. The fourth-order valence-corrected chi connectivity index (χ4v) is 3.07. The van der Waals surface area contributed by atoms with E-state index in [-0.39, 0.29) is 5.91 Å². The molecule has 0 aliphatic rings. The lowest BCUT2D eigenvalue weighted by molar-refractivity contribution is -0.115. The molecule has 2 rings (SSSR count). The maximum absolute atomic E-state index is 11.9. The van der Waals surface area contributed by atoms with Crippen LogP contribution in [0, 0.1) is 32.1 Å². The molecule has 5 nitrogen and oxygen atoms in total. The van der Waals surface area contributed by atoms with Crippen LogP contribution in [0.5, 0.6) is 0 Å². The molecule has 0 unspecified atom stereocenters. The van der Waals surface area contributed by atoms with Gasteiger partial charge in [-0.05, 0) is 44.0 Å². The number of anilines is 1. The zero-order valence-electron chi connectivity index (χ0n) is 13.4. The van der Waals surface area contributed by atoms with Crippen molar-refractivity contribution in [2.45, 2.75) is 32.2 Å². The van der Waals surface area contributed by atoms with Crippen molar-refractivity contribution in [3.63, 3.8) is 0 Å². The SMILES string of the molecule is Cc1nc(SCCC(=O)Nc2ccncc2)c(C#N)c(C)c1C.